The van der Waals surface area contributed by atoms with Crippen LogP contribution in [0.4, 0.5) is 5.82 Å². The molecule has 20 heavy (non-hydrogen) atoms. The fourth-order valence-electron chi connectivity index (χ4n) is 1.96. The highest BCUT2D eigenvalue weighted by atomic mass is 16.5. The van der Waals surface area contributed by atoms with Crippen LogP contribution in [0, 0.1) is 0 Å². The second kappa shape index (κ2) is 6.37. The first-order valence-corrected chi connectivity index (χ1v) is 6.82. The van der Waals surface area contributed by atoms with Gasteiger partial charge in [-0.15, -0.1) is 0 Å². The van der Waals surface area contributed by atoms with Crippen molar-refractivity contribution in [3.63, 3.8) is 0 Å². The average molecular weight is 271 g/mol. The molecule has 1 atom stereocenters. The van der Waals surface area contributed by atoms with Crippen LogP contribution in [0.3, 0.4) is 0 Å². The normalized spacial score (nSPS) is 12.2. The van der Waals surface area contributed by atoms with Crippen LogP contribution in [-0.4, -0.2) is 17.1 Å². The molecular weight excluding hydrogens is 250 g/mol. The molecule has 0 spiro atoms. The van der Waals surface area contributed by atoms with E-state index in [1.807, 2.05) is 18.2 Å². The van der Waals surface area contributed by atoms with Crippen LogP contribution in [0.2, 0.25) is 0 Å². The Morgan fingerprint density at radius 3 is 2.35 bits per heavy atom. The van der Waals surface area contributed by atoms with Crippen molar-refractivity contribution >= 4 is 5.82 Å². The van der Waals surface area contributed by atoms with Crippen molar-refractivity contribution in [2.45, 2.75) is 32.7 Å². The minimum Gasteiger partial charge on any atom is -0.497 e. The first-order valence-electron chi connectivity index (χ1n) is 6.82. The number of benzene rings is 1. The van der Waals surface area contributed by atoms with Gasteiger partial charge in [-0.2, -0.15) is 0 Å². The van der Waals surface area contributed by atoms with Gasteiger partial charge in [0.15, 0.2) is 0 Å². The van der Waals surface area contributed by atoms with Crippen LogP contribution < -0.4 is 10.1 Å². The fourth-order valence-corrected chi connectivity index (χ4v) is 1.96. The molecule has 0 aliphatic rings. The number of nitrogens with one attached hydrogen (secondary N) is 1. The number of anilines is 1. The number of rotatable bonds is 5. The first-order chi connectivity index (χ1) is 9.60. The molecule has 106 valence electrons. The van der Waals surface area contributed by atoms with Gasteiger partial charge < -0.3 is 10.1 Å². The van der Waals surface area contributed by atoms with E-state index < -0.39 is 0 Å². The predicted octanol–water partition coefficient (Wildman–Crippen LogP) is 3.78. The maximum atomic E-state index is 5.17. The molecule has 4 heteroatoms. The summed E-state index contributed by atoms with van der Waals surface area (Å²) in [6.07, 6.45) is 1.61. The van der Waals surface area contributed by atoms with Gasteiger partial charge >= 0.3 is 0 Å². The molecule has 0 saturated carbocycles. The third kappa shape index (κ3) is 3.47. The smallest absolute Gasteiger partial charge is 0.130 e. The summed E-state index contributed by atoms with van der Waals surface area (Å²) >= 11 is 0. The molecule has 2 aromatic rings. The van der Waals surface area contributed by atoms with E-state index in [4.69, 9.17) is 4.74 Å². The van der Waals surface area contributed by atoms with Crippen molar-refractivity contribution in [2.24, 2.45) is 0 Å². The summed E-state index contributed by atoms with van der Waals surface area (Å²) < 4.78 is 5.17. The van der Waals surface area contributed by atoms with Crippen molar-refractivity contribution in [1.82, 2.24) is 9.97 Å². The highest BCUT2D eigenvalue weighted by molar-refractivity contribution is 5.40. The van der Waals surface area contributed by atoms with Crippen LogP contribution >= 0.6 is 0 Å². The molecular formula is C16H21N3O. The van der Waals surface area contributed by atoms with Gasteiger partial charge in [-0.25, -0.2) is 9.97 Å². The minimum absolute atomic E-state index is 0.177. The Hall–Kier alpha value is -2.10. The standard InChI is InChI=1S/C16H21N3O/c1-11(2)15-9-16(18-10-17-15)19-12(3)13-5-7-14(20-4)8-6-13/h5-12H,1-4H3,(H,17,18,19). The number of hydrogen-bond donors (Lipinski definition) is 1. The van der Waals surface area contributed by atoms with Crippen molar-refractivity contribution < 1.29 is 4.74 Å². The highest BCUT2D eigenvalue weighted by Gasteiger charge is 2.08. The molecule has 0 bridgehead atoms. The monoisotopic (exact) mass is 271 g/mol. The molecule has 2 rings (SSSR count). The van der Waals surface area contributed by atoms with Crippen LogP contribution in [0.1, 0.15) is 44.0 Å². The van der Waals surface area contributed by atoms with E-state index in [9.17, 15) is 0 Å². The summed E-state index contributed by atoms with van der Waals surface area (Å²) in [4.78, 5) is 8.55. The lowest BCUT2D eigenvalue weighted by Crippen LogP contribution is -2.09. The summed E-state index contributed by atoms with van der Waals surface area (Å²) in [6.45, 7) is 6.36. The Morgan fingerprint density at radius 1 is 1.05 bits per heavy atom. The molecule has 0 aliphatic carbocycles. The van der Waals surface area contributed by atoms with Crippen LogP contribution in [0.5, 0.6) is 5.75 Å². The molecule has 1 aromatic carbocycles. The Balaban J connectivity index is 2.10. The lowest BCUT2D eigenvalue weighted by atomic mass is 10.1. The summed E-state index contributed by atoms with van der Waals surface area (Å²) in [5.41, 5.74) is 2.24. The van der Waals surface area contributed by atoms with Gasteiger partial charge in [0, 0.05) is 17.8 Å². The number of ether oxygens (including phenoxy) is 1. The van der Waals surface area contributed by atoms with Gasteiger partial charge in [-0.1, -0.05) is 26.0 Å². The Kier molecular flexibility index (Phi) is 4.56. The molecule has 0 saturated heterocycles. The lowest BCUT2D eigenvalue weighted by molar-refractivity contribution is 0.414. The zero-order chi connectivity index (χ0) is 14.5. The highest BCUT2D eigenvalue weighted by Crippen LogP contribution is 2.21. The summed E-state index contributed by atoms with van der Waals surface area (Å²) in [5.74, 6) is 2.12. The molecule has 1 aromatic heterocycles. The van der Waals surface area contributed by atoms with Gasteiger partial charge in [0.1, 0.15) is 17.9 Å². The second-order valence-corrected chi connectivity index (χ2v) is 5.12. The lowest BCUT2D eigenvalue weighted by Gasteiger charge is -2.16. The van der Waals surface area contributed by atoms with Gasteiger partial charge in [-0.05, 0) is 30.5 Å². The van der Waals surface area contributed by atoms with Crippen LogP contribution in [0.25, 0.3) is 0 Å². The van der Waals surface area contributed by atoms with Crippen molar-refractivity contribution in [3.8, 4) is 5.75 Å². The fraction of sp³-hybridized carbons (Fsp3) is 0.375. The van der Waals surface area contributed by atoms with E-state index in [0.717, 1.165) is 17.3 Å². The summed E-state index contributed by atoms with van der Waals surface area (Å²) in [6, 6.07) is 10.2. The molecule has 0 aliphatic heterocycles. The number of methoxy groups -OCH3 is 1. The molecule has 1 N–H and O–H groups in total. The van der Waals surface area contributed by atoms with Gasteiger partial charge in [0.05, 0.1) is 7.11 Å². The molecule has 1 unspecified atom stereocenters. The van der Waals surface area contributed by atoms with Gasteiger partial charge in [0.25, 0.3) is 0 Å². The zero-order valence-corrected chi connectivity index (χ0v) is 12.4. The minimum atomic E-state index is 0.177. The number of hydrogen-bond acceptors (Lipinski definition) is 4. The Labute approximate surface area is 120 Å². The largest absolute Gasteiger partial charge is 0.497 e. The topological polar surface area (TPSA) is 47.0 Å². The maximum absolute atomic E-state index is 5.17. The van der Waals surface area contributed by atoms with Crippen LogP contribution in [-0.2, 0) is 0 Å². The van der Waals surface area contributed by atoms with Gasteiger partial charge in [0.2, 0.25) is 0 Å². The number of aromatic nitrogens is 2. The van der Waals surface area contributed by atoms with Crippen molar-refractivity contribution in [3.05, 3.63) is 47.9 Å². The van der Waals surface area contributed by atoms with Crippen LogP contribution in [0.15, 0.2) is 36.7 Å². The Bertz CT molecular complexity index is 552. The van der Waals surface area contributed by atoms with E-state index in [1.165, 1.54) is 5.56 Å². The van der Waals surface area contributed by atoms with E-state index in [0.29, 0.717) is 5.92 Å². The van der Waals surface area contributed by atoms with E-state index in [1.54, 1.807) is 13.4 Å². The summed E-state index contributed by atoms with van der Waals surface area (Å²) in [7, 11) is 1.67. The van der Waals surface area contributed by atoms with E-state index >= 15 is 0 Å². The molecule has 1 heterocycles. The molecule has 0 fully saturated rings. The third-order valence-electron chi connectivity index (χ3n) is 3.26. The third-order valence-corrected chi connectivity index (χ3v) is 3.26. The Morgan fingerprint density at radius 2 is 1.75 bits per heavy atom. The van der Waals surface area contributed by atoms with Crippen molar-refractivity contribution in [2.75, 3.05) is 12.4 Å². The van der Waals surface area contributed by atoms with Crippen molar-refractivity contribution in [1.29, 1.82) is 0 Å². The SMILES string of the molecule is COc1ccc(C(C)Nc2cc(C(C)C)ncn2)cc1. The summed E-state index contributed by atoms with van der Waals surface area (Å²) in [5, 5.41) is 3.40. The molecule has 0 amide bonds. The number of nitrogens with zero attached hydrogens (tertiary/aromatic N) is 2. The molecule has 4 nitrogen and oxygen atoms in total. The van der Waals surface area contributed by atoms with E-state index in [2.05, 4.69) is 48.2 Å². The quantitative estimate of drug-likeness (QED) is 0.899. The second-order valence-electron chi connectivity index (χ2n) is 5.12. The average Bonchev–Trinajstić information content (AvgIpc) is 2.47. The van der Waals surface area contributed by atoms with E-state index in [-0.39, 0.29) is 6.04 Å². The first kappa shape index (κ1) is 14.3. The molecule has 0 radical (unpaired) electrons. The maximum Gasteiger partial charge on any atom is 0.130 e. The van der Waals surface area contributed by atoms with Gasteiger partial charge in [-0.3, -0.25) is 0 Å². The predicted molar refractivity (Wildman–Crippen MR) is 81.2 cm³/mol. The zero-order valence-electron chi connectivity index (χ0n) is 12.4.